The molecule has 1 rings (SSSR count). The summed E-state index contributed by atoms with van der Waals surface area (Å²) in [5, 5.41) is 0.641. The maximum atomic E-state index is 5.92. The topological polar surface area (TPSA) is 15.6 Å². The van der Waals surface area contributed by atoms with Gasteiger partial charge in [0.2, 0.25) is 0 Å². The average molecular weight is 189 g/mol. The van der Waals surface area contributed by atoms with Crippen molar-refractivity contribution in [2.75, 3.05) is 14.1 Å². The van der Waals surface area contributed by atoms with Gasteiger partial charge in [-0.15, -0.1) is 0 Å². The molecule has 2 nitrogen and oxygen atoms in total. The highest BCUT2D eigenvalue weighted by atomic mass is 35.5. The molecule has 1 aliphatic carbocycles. The zero-order valence-electron chi connectivity index (χ0n) is 7.89. The van der Waals surface area contributed by atoms with Gasteiger partial charge in [-0.05, 0) is 24.4 Å². The third-order valence-corrected chi connectivity index (χ3v) is 2.67. The molecule has 0 aromatic rings. The summed E-state index contributed by atoms with van der Waals surface area (Å²) >= 11 is 5.92. The first-order valence-electron chi connectivity index (χ1n) is 4.61. The van der Waals surface area contributed by atoms with Crippen LogP contribution >= 0.6 is 11.6 Å². The quantitative estimate of drug-likeness (QED) is 0.351. The monoisotopic (exact) mass is 188 g/mol. The SMILES string of the molecule is CN(C)C(Cl)=NC1CCCCC1. The molecule has 0 heterocycles. The molecular formula is C9H17ClN2. The van der Waals surface area contributed by atoms with Gasteiger partial charge in [-0.25, -0.2) is 0 Å². The van der Waals surface area contributed by atoms with Crippen molar-refractivity contribution < 1.29 is 0 Å². The lowest BCUT2D eigenvalue weighted by Gasteiger charge is -2.19. The minimum atomic E-state index is 0.480. The molecule has 0 bridgehead atoms. The van der Waals surface area contributed by atoms with E-state index in [1.807, 2.05) is 19.0 Å². The van der Waals surface area contributed by atoms with Gasteiger partial charge in [0.25, 0.3) is 0 Å². The molecule has 0 radical (unpaired) electrons. The molecule has 0 amide bonds. The highest BCUT2D eigenvalue weighted by molar-refractivity contribution is 6.64. The summed E-state index contributed by atoms with van der Waals surface area (Å²) < 4.78 is 0. The lowest BCUT2D eigenvalue weighted by atomic mass is 9.96. The van der Waals surface area contributed by atoms with Crippen LogP contribution in [0, 0.1) is 0 Å². The number of hydrogen-bond acceptors (Lipinski definition) is 1. The second kappa shape index (κ2) is 4.70. The lowest BCUT2D eigenvalue weighted by molar-refractivity contribution is 0.439. The first-order valence-corrected chi connectivity index (χ1v) is 4.98. The van der Waals surface area contributed by atoms with Gasteiger partial charge in [-0.1, -0.05) is 19.3 Å². The largest absolute Gasteiger partial charge is 0.353 e. The molecule has 0 aromatic heterocycles. The Bertz CT molecular complexity index is 160. The summed E-state index contributed by atoms with van der Waals surface area (Å²) in [7, 11) is 3.85. The van der Waals surface area contributed by atoms with Crippen LogP contribution < -0.4 is 0 Å². The van der Waals surface area contributed by atoms with Gasteiger partial charge < -0.3 is 4.90 Å². The van der Waals surface area contributed by atoms with Gasteiger partial charge in [-0.3, -0.25) is 4.99 Å². The molecule has 0 aliphatic heterocycles. The number of amidine groups is 1. The van der Waals surface area contributed by atoms with E-state index in [1.54, 1.807) is 0 Å². The van der Waals surface area contributed by atoms with Crippen molar-refractivity contribution >= 4 is 16.9 Å². The average Bonchev–Trinajstić information content (AvgIpc) is 2.06. The molecular weight excluding hydrogens is 172 g/mol. The van der Waals surface area contributed by atoms with E-state index in [9.17, 15) is 0 Å². The van der Waals surface area contributed by atoms with Crippen LogP contribution in [0.2, 0.25) is 0 Å². The van der Waals surface area contributed by atoms with Crippen LogP contribution in [-0.2, 0) is 0 Å². The molecule has 1 aliphatic rings. The van der Waals surface area contributed by atoms with Crippen molar-refractivity contribution in [1.82, 2.24) is 4.90 Å². The first-order chi connectivity index (χ1) is 5.70. The first kappa shape index (κ1) is 9.85. The van der Waals surface area contributed by atoms with Crippen LogP contribution in [0.4, 0.5) is 0 Å². The third kappa shape index (κ3) is 3.02. The van der Waals surface area contributed by atoms with Crippen LogP contribution in [-0.4, -0.2) is 30.3 Å². The predicted molar refractivity (Wildman–Crippen MR) is 53.8 cm³/mol. The highest BCUT2D eigenvalue weighted by Crippen LogP contribution is 2.20. The maximum absolute atomic E-state index is 5.92. The fourth-order valence-corrected chi connectivity index (χ4v) is 1.61. The maximum Gasteiger partial charge on any atom is 0.193 e. The minimum Gasteiger partial charge on any atom is -0.353 e. The Morgan fingerprint density at radius 2 is 1.83 bits per heavy atom. The smallest absolute Gasteiger partial charge is 0.193 e. The van der Waals surface area contributed by atoms with E-state index in [-0.39, 0.29) is 0 Å². The van der Waals surface area contributed by atoms with Crippen molar-refractivity contribution in [2.24, 2.45) is 4.99 Å². The lowest BCUT2D eigenvalue weighted by Crippen LogP contribution is -2.20. The van der Waals surface area contributed by atoms with Crippen molar-refractivity contribution in [2.45, 2.75) is 38.1 Å². The van der Waals surface area contributed by atoms with Gasteiger partial charge in [0.1, 0.15) is 0 Å². The number of nitrogens with zero attached hydrogens (tertiary/aromatic N) is 2. The summed E-state index contributed by atoms with van der Waals surface area (Å²) in [6.07, 6.45) is 6.41. The van der Waals surface area contributed by atoms with Gasteiger partial charge >= 0.3 is 0 Å². The zero-order chi connectivity index (χ0) is 8.97. The second-order valence-electron chi connectivity index (χ2n) is 3.58. The van der Waals surface area contributed by atoms with E-state index in [1.165, 1.54) is 32.1 Å². The van der Waals surface area contributed by atoms with E-state index in [0.717, 1.165) is 0 Å². The van der Waals surface area contributed by atoms with Gasteiger partial charge in [-0.2, -0.15) is 0 Å². The normalized spacial score (nSPS) is 21.1. The Hall–Kier alpha value is -0.240. The van der Waals surface area contributed by atoms with Crippen LogP contribution in [0.3, 0.4) is 0 Å². The van der Waals surface area contributed by atoms with E-state index >= 15 is 0 Å². The predicted octanol–water partition coefficient (Wildman–Crippen LogP) is 2.48. The third-order valence-electron chi connectivity index (χ3n) is 2.23. The molecule has 0 atom stereocenters. The Morgan fingerprint density at radius 3 is 2.33 bits per heavy atom. The van der Waals surface area contributed by atoms with Gasteiger partial charge in [0, 0.05) is 14.1 Å². The Kier molecular flexibility index (Phi) is 3.86. The van der Waals surface area contributed by atoms with Crippen molar-refractivity contribution in [3.8, 4) is 0 Å². The summed E-state index contributed by atoms with van der Waals surface area (Å²) in [4.78, 5) is 6.30. The second-order valence-corrected chi connectivity index (χ2v) is 3.92. The fraction of sp³-hybridized carbons (Fsp3) is 0.889. The number of aliphatic imine (C=N–C) groups is 1. The van der Waals surface area contributed by atoms with Crippen molar-refractivity contribution in [1.29, 1.82) is 0 Å². The Labute approximate surface area is 79.6 Å². The Morgan fingerprint density at radius 1 is 1.25 bits per heavy atom. The number of rotatable bonds is 1. The number of hydrogen-bond donors (Lipinski definition) is 0. The summed E-state index contributed by atoms with van der Waals surface area (Å²) in [6.45, 7) is 0. The standard InChI is InChI=1S/C9H17ClN2/c1-12(2)9(10)11-8-6-4-3-5-7-8/h8H,3-7H2,1-2H3. The molecule has 0 saturated heterocycles. The van der Waals surface area contributed by atoms with Crippen LogP contribution in [0.15, 0.2) is 4.99 Å². The van der Waals surface area contributed by atoms with E-state index in [2.05, 4.69) is 4.99 Å². The molecule has 1 saturated carbocycles. The van der Waals surface area contributed by atoms with E-state index in [0.29, 0.717) is 11.3 Å². The summed E-state index contributed by atoms with van der Waals surface area (Å²) in [5.41, 5.74) is 0. The summed E-state index contributed by atoms with van der Waals surface area (Å²) in [6, 6.07) is 0.480. The zero-order valence-corrected chi connectivity index (χ0v) is 8.64. The molecule has 12 heavy (non-hydrogen) atoms. The fourth-order valence-electron chi connectivity index (χ4n) is 1.48. The molecule has 3 heteroatoms. The molecule has 0 N–H and O–H groups in total. The summed E-state index contributed by atoms with van der Waals surface area (Å²) in [5.74, 6) is 0. The van der Waals surface area contributed by atoms with Gasteiger partial charge in [0.15, 0.2) is 5.29 Å². The van der Waals surface area contributed by atoms with E-state index in [4.69, 9.17) is 11.6 Å². The number of halogens is 1. The minimum absolute atomic E-state index is 0.480. The van der Waals surface area contributed by atoms with E-state index < -0.39 is 0 Å². The molecule has 70 valence electrons. The van der Waals surface area contributed by atoms with Crippen LogP contribution in [0.25, 0.3) is 0 Å². The molecule has 0 aromatic carbocycles. The van der Waals surface area contributed by atoms with Gasteiger partial charge in [0.05, 0.1) is 6.04 Å². The molecule has 1 fully saturated rings. The highest BCUT2D eigenvalue weighted by Gasteiger charge is 2.12. The van der Waals surface area contributed by atoms with Crippen LogP contribution in [0.5, 0.6) is 0 Å². The van der Waals surface area contributed by atoms with Crippen molar-refractivity contribution in [3.05, 3.63) is 0 Å². The molecule has 0 spiro atoms. The van der Waals surface area contributed by atoms with Crippen molar-refractivity contribution in [3.63, 3.8) is 0 Å². The Balaban J connectivity index is 2.41. The molecule has 0 unspecified atom stereocenters. The van der Waals surface area contributed by atoms with Crippen LogP contribution in [0.1, 0.15) is 32.1 Å².